The maximum absolute atomic E-state index is 5.91. The normalized spacial score (nSPS) is 20.2. The number of aryl methyl sites for hydroxylation is 1. The molecule has 0 bridgehead atoms. The topological polar surface area (TPSA) is 38.5 Å². The average molecular weight is 276 g/mol. The molecule has 1 unspecified atom stereocenters. The fourth-order valence-electron chi connectivity index (χ4n) is 2.88. The van der Waals surface area contributed by atoms with Crippen molar-refractivity contribution in [2.24, 2.45) is 5.73 Å². The first kappa shape index (κ1) is 15.5. The fraction of sp³-hybridized carbons (Fsp3) is 0.647. The number of nitrogens with two attached hydrogens (primary N) is 1. The number of benzene rings is 1. The predicted octanol–water partition coefficient (Wildman–Crippen LogP) is 2.84. The van der Waals surface area contributed by atoms with Gasteiger partial charge in [0.2, 0.25) is 0 Å². The van der Waals surface area contributed by atoms with Crippen LogP contribution in [0.25, 0.3) is 0 Å². The SMILES string of the molecule is CCCOC1CCCN(Cc2ccc(CN)cc2C)C1. The molecule has 0 saturated carbocycles. The molecule has 2 N–H and O–H groups in total. The third-order valence-electron chi connectivity index (χ3n) is 4.06. The van der Waals surface area contributed by atoms with E-state index in [1.54, 1.807) is 0 Å². The zero-order valence-electron chi connectivity index (χ0n) is 12.9. The average Bonchev–Trinajstić information content (AvgIpc) is 2.47. The molecule has 20 heavy (non-hydrogen) atoms. The van der Waals surface area contributed by atoms with E-state index in [1.807, 2.05) is 0 Å². The molecule has 1 aliphatic heterocycles. The summed E-state index contributed by atoms with van der Waals surface area (Å²) in [6.45, 7) is 9.15. The minimum atomic E-state index is 0.423. The molecule has 1 fully saturated rings. The van der Waals surface area contributed by atoms with Crippen molar-refractivity contribution in [1.82, 2.24) is 4.90 Å². The van der Waals surface area contributed by atoms with Gasteiger partial charge in [0.05, 0.1) is 6.10 Å². The quantitative estimate of drug-likeness (QED) is 0.868. The molecule has 0 aliphatic carbocycles. The Morgan fingerprint density at radius 1 is 1.40 bits per heavy atom. The standard InChI is InChI=1S/C17H28N2O/c1-3-9-20-17-5-4-8-19(13-17)12-16-7-6-15(11-18)10-14(16)2/h6-7,10,17H,3-5,8-9,11-13,18H2,1-2H3. The van der Waals surface area contributed by atoms with Gasteiger partial charge in [-0.15, -0.1) is 0 Å². The minimum Gasteiger partial charge on any atom is -0.377 e. The van der Waals surface area contributed by atoms with Gasteiger partial charge in [0.15, 0.2) is 0 Å². The van der Waals surface area contributed by atoms with E-state index in [0.29, 0.717) is 12.6 Å². The first-order chi connectivity index (χ1) is 9.72. The maximum Gasteiger partial charge on any atom is 0.0702 e. The van der Waals surface area contributed by atoms with Crippen LogP contribution in [-0.4, -0.2) is 30.7 Å². The van der Waals surface area contributed by atoms with Crippen LogP contribution in [-0.2, 0) is 17.8 Å². The molecule has 112 valence electrons. The maximum atomic E-state index is 5.91. The molecule has 0 radical (unpaired) electrons. The second kappa shape index (κ2) is 7.77. The van der Waals surface area contributed by atoms with Crippen molar-refractivity contribution in [3.05, 3.63) is 34.9 Å². The lowest BCUT2D eigenvalue weighted by atomic mass is 10.0. The number of likely N-dealkylation sites (tertiary alicyclic amines) is 1. The van der Waals surface area contributed by atoms with Crippen molar-refractivity contribution in [3.8, 4) is 0 Å². The summed E-state index contributed by atoms with van der Waals surface area (Å²) in [5.74, 6) is 0. The van der Waals surface area contributed by atoms with Crippen molar-refractivity contribution in [3.63, 3.8) is 0 Å². The number of piperidine rings is 1. The minimum absolute atomic E-state index is 0.423. The summed E-state index contributed by atoms with van der Waals surface area (Å²) in [5, 5.41) is 0. The molecule has 1 saturated heterocycles. The van der Waals surface area contributed by atoms with Crippen molar-refractivity contribution in [2.45, 2.75) is 52.3 Å². The van der Waals surface area contributed by atoms with Gasteiger partial charge < -0.3 is 10.5 Å². The molecular formula is C17H28N2O. The largest absolute Gasteiger partial charge is 0.377 e. The molecule has 1 aromatic carbocycles. The molecule has 1 atom stereocenters. The van der Waals surface area contributed by atoms with Crippen LogP contribution in [0.4, 0.5) is 0 Å². The van der Waals surface area contributed by atoms with Crippen LogP contribution in [0.1, 0.15) is 42.9 Å². The van der Waals surface area contributed by atoms with Gasteiger partial charge in [0.25, 0.3) is 0 Å². The molecule has 2 rings (SSSR count). The van der Waals surface area contributed by atoms with Crippen LogP contribution >= 0.6 is 0 Å². The third kappa shape index (κ3) is 4.30. The molecular weight excluding hydrogens is 248 g/mol. The van der Waals surface area contributed by atoms with Gasteiger partial charge in [-0.2, -0.15) is 0 Å². The Kier molecular flexibility index (Phi) is 6.02. The lowest BCUT2D eigenvalue weighted by molar-refractivity contribution is -0.00227. The van der Waals surface area contributed by atoms with E-state index in [9.17, 15) is 0 Å². The second-order valence-corrected chi connectivity index (χ2v) is 5.84. The van der Waals surface area contributed by atoms with Gasteiger partial charge in [0, 0.05) is 26.2 Å². The van der Waals surface area contributed by atoms with Gasteiger partial charge in [-0.05, 0) is 49.4 Å². The summed E-state index contributed by atoms with van der Waals surface area (Å²) in [6, 6.07) is 6.59. The van der Waals surface area contributed by atoms with Crippen LogP contribution in [0.2, 0.25) is 0 Å². The summed E-state index contributed by atoms with van der Waals surface area (Å²) in [7, 11) is 0. The van der Waals surface area contributed by atoms with Gasteiger partial charge >= 0.3 is 0 Å². The summed E-state index contributed by atoms with van der Waals surface area (Å²) in [4.78, 5) is 2.52. The Morgan fingerprint density at radius 2 is 2.25 bits per heavy atom. The number of ether oxygens (including phenoxy) is 1. The van der Waals surface area contributed by atoms with E-state index in [1.165, 1.54) is 36.1 Å². The van der Waals surface area contributed by atoms with Gasteiger partial charge in [0.1, 0.15) is 0 Å². The highest BCUT2D eigenvalue weighted by Crippen LogP contribution is 2.18. The van der Waals surface area contributed by atoms with E-state index in [2.05, 4.69) is 36.9 Å². The van der Waals surface area contributed by atoms with E-state index >= 15 is 0 Å². The first-order valence-electron chi connectivity index (χ1n) is 7.85. The van der Waals surface area contributed by atoms with E-state index in [0.717, 1.165) is 26.1 Å². The van der Waals surface area contributed by atoms with E-state index < -0.39 is 0 Å². The number of rotatable bonds is 6. The van der Waals surface area contributed by atoms with Crippen molar-refractivity contribution >= 4 is 0 Å². The van der Waals surface area contributed by atoms with Gasteiger partial charge in [-0.25, -0.2) is 0 Å². The molecule has 3 heteroatoms. The molecule has 1 heterocycles. The summed E-state index contributed by atoms with van der Waals surface area (Å²) >= 11 is 0. The lowest BCUT2D eigenvalue weighted by Crippen LogP contribution is -2.39. The van der Waals surface area contributed by atoms with Crippen LogP contribution in [0.3, 0.4) is 0 Å². The number of nitrogens with zero attached hydrogens (tertiary/aromatic N) is 1. The Hall–Kier alpha value is -0.900. The fourth-order valence-corrected chi connectivity index (χ4v) is 2.88. The first-order valence-corrected chi connectivity index (χ1v) is 7.85. The van der Waals surface area contributed by atoms with Crippen LogP contribution in [0.15, 0.2) is 18.2 Å². The number of hydrogen-bond donors (Lipinski definition) is 1. The molecule has 0 amide bonds. The smallest absolute Gasteiger partial charge is 0.0702 e. The third-order valence-corrected chi connectivity index (χ3v) is 4.06. The highest BCUT2D eigenvalue weighted by molar-refractivity contribution is 5.31. The Bertz CT molecular complexity index is 419. The summed E-state index contributed by atoms with van der Waals surface area (Å²) < 4.78 is 5.91. The van der Waals surface area contributed by atoms with E-state index in [4.69, 9.17) is 10.5 Å². The van der Waals surface area contributed by atoms with Crippen molar-refractivity contribution < 1.29 is 4.74 Å². The molecule has 0 spiro atoms. The molecule has 1 aromatic rings. The Balaban J connectivity index is 1.92. The highest BCUT2D eigenvalue weighted by atomic mass is 16.5. The second-order valence-electron chi connectivity index (χ2n) is 5.84. The van der Waals surface area contributed by atoms with E-state index in [-0.39, 0.29) is 0 Å². The molecule has 1 aliphatic rings. The van der Waals surface area contributed by atoms with Gasteiger partial charge in [-0.3, -0.25) is 4.90 Å². The summed E-state index contributed by atoms with van der Waals surface area (Å²) in [6.07, 6.45) is 3.99. The highest BCUT2D eigenvalue weighted by Gasteiger charge is 2.20. The Labute approximate surface area is 123 Å². The van der Waals surface area contributed by atoms with Crippen molar-refractivity contribution in [1.29, 1.82) is 0 Å². The Morgan fingerprint density at radius 3 is 2.95 bits per heavy atom. The lowest BCUT2D eigenvalue weighted by Gasteiger charge is -2.33. The van der Waals surface area contributed by atoms with Crippen LogP contribution in [0, 0.1) is 6.92 Å². The molecule has 3 nitrogen and oxygen atoms in total. The number of hydrogen-bond acceptors (Lipinski definition) is 3. The summed E-state index contributed by atoms with van der Waals surface area (Å²) in [5.41, 5.74) is 9.67. The van der Waals surface area contributed by atoms with Gasteiger partial charge in [-0.1, -0.05) is 25.1 Å². The zero-order chi connectivity index (χ0) is 14.4. The van der Waals surface area contributed by atoms with Crippen LogP contribution < -0.4 is 5.73 Å². The molecule has 0 aromatic heterocycles. The zero-order valence-corrected chi connectivity index (χ0v) is 12.9. The van der Waals surface area contributed by atoms with Crippen LogP contribution in [0.5, 0.6) is 0 Å². The monoisotopic (exact) mass is 276 g/mol. The van der Waals surface area contributed by atoms with Crippen molar-refractivity contribution in [2.75, 3.05) is 19.7 Å². The predicted molar refractivity (Wildman–Crippen MR) is 83.6 cm³/mol.